The molecule has 1 saturated heterocycles. The predicted molar refractivity (Wildman–Crippen MR) is 67.7 cm³/mol. The quantitative estimate of drug-likeness (QED) is 0.681. The van der Waals surface area contributed by atoms with Crippen molar-refractivity contribution in [2.75, 3.05) is 13.1 Å². The van der Waals surface area contributed by atoms with E-state index in [0.29, 0.717) is 0 Å². The molecule has 21 heavy (non-hydrogen) atoms. The van der Waals surface area contributed by atoms with E-state index in [1.54, 1.807) is 0 Å². The van der Waals surface area contributed by atoms with Gasteiger partial charge in [-0.25, -0.2) is 0 Å². The number of piperidine rings is 1. The number of hydrogen-bond acceptors (Lipinski definition) is 4. The number of nitrogens with zero attached hydrogens (tertiary/aromatic N) is 1. The molecule has 3 N–H and O–H groups in total. The van der Waals surface area contributed by atoms with E-state index in [1.165, 1.54) is 23.2 Å². The van der Waals surface area contributed by atoms with Gasteiger partial charge in [0.25, 0.3) is 5.91 Å². The highest BCUT2D eigenvalue weighted by atomic mass is 16.4. The van der Waals surface area contributed by atoms with E-state index in [0.717, 1.165) is 0 Å². The summed E-state index contributed by atoms with van der Waals surface area (Å²) in [4.78, 5) is 49.6. The number of rotatable bonds is 3. The van der Waals surface area contributed by atoms with E-state index < -0.39 is 28.7 Å². The molecule has 0 radical (unpaired) electrons. The van der Waals surface area contributed by atoms with E-state index in [9.17, 15) is 29.4 Å². The topological polar surface area (TPSA) is 128 Å². The van der Waals surface area contributed by atoms with Crippen molar-refractivity contribution in [3.63, 3.8) is 0 Å². The first-order valence-corrected chi connectivity index (χ1v) is 6.27. The Labute approximate surface area is 118 Å². The van der Waals surface area contributed by atoms with Gasteiger partial charge >= 0.3 is 11.9 Å². The Morgan fingerprint density at radius 2 is 1.67 bits per heavy atom. The monoisotopic (exact) mass is 292 g/mol. The van der Waals surface area contributed by atoms with Gasteiger partial charge < -0.3 is 20.1 Å². The number of carboxylic acid groups (broad SMARTS) is 2. The summed E-state index contributed by atoms with van der Waals surface area (Å²) in [6, 6.07) is 2.51. The molecular weight excluding hydrogens is 280 g/mol. The first kappa shape index (κ1) is 13.3. The molecule has 8 heteroatoms. The Morgan fingerprint density at radius 3 is 2.10 bits per heavy atom. The molecule has 2 fully saturated rings. The summed E-state index contributed by atoms with van der Waals surface area (Å²) in [6.45, 7) is -0.265. The fourth-order valence-electron chi connectivity index (χ4n) is 3.16. The number of fused-ring (bicyclic) bond motifs is 1. The van der Waals surface area contributed by atoms with Crippen LogP contribution in [0.15, 0.2) is 23.1 Å². The molecule has 2 heterocycles. The fourth-order valence-corrected chi connectivity index (χ4v) is 3.16. The molecule has 1 aliphatic carbocycles. The maximum atomic E-state index is 12.3. The minimum Gasteiger partial charge on any atom is -0.481 e. The third kappa shape index (κ3) is 1.61. The largest absolute Gasteiger partial charge is 0.481 e. The normalized spacial score (nSPS) is 29.8. The lowest BCUT2D eigenvalue weighted by molar-refractivity contribution is -0.151. The van der Waals surface area contributed by atoms with Gasteiger partial charge in [-0.3, -0.25) is 19.2 Å². The van der Waals surface area contributed by atoms with Crippen LogP contribution in [0.4, 0.5) is 0 Å². The van der Waals surface area contributed by atoms with Crippen LogP contribution >= 0.6 is 0 Å². The SMILES string of the molecule is O=C(c1ccc(=O)[nH]c1)N1C[C@@]2(C(=O)O)C[C@@]2(C(=O)O)C1. The lowest BCUT2D eigenvalue weighted by Crippen LogP contribution is -2.34. The molecule has 1 aliphatic heterocycles. The molecule has 0 unspecified atom stereocenters. The van der Waals surface area contributed by atoms with E-state index in [-0.39, 0.29) is 30.6 Å². The van der Waals surface area contributed by atoms with Gasteiger partial charge in [0.1, 0.15) is 10.8 Å². The van der Waals surface area contributed by atoms with Crippen LogP contribution in [0, 0.1) is 10.8 Å². The van der Waals surface area contributed by atoms with E-state index in [2.05, 4.69) is 4.98 Å². The third-order valence-corrected chi connectivity index (χ3v) is 4.45. The first-order valence-electron chi connectivity index (χ1n) is 6.27. The number of likely N-dealkylation sites (tertiary alicyclic amines) is 1. The average Bonchev–Trinajstić information content (AvgIpc) is 2.98. The number of pyridine rings is 1. The number of carboxylic acids is 2. The van der Waals surface area contributed by atoms with Crippen molar-refractivity contribution >= 4 is 17.8 Å². The minimum absolute atomic E-state index is 0.0417. The Kier molecular flexibility index (Phi) is 2.50. The molecule has 0 aromatic carbocycles. The Bertz CT molecular complexity index is 677. The van der Waals surface area contributed by atoms with Crippen LogP contribution in [0.2, 0.25) is 0 Å². The molecule has 2 aliphatic rings. The summed E-state index contributed by atoms with van der Waals surface area (Å²) in [5, 5.41) is 18.6. The highest BCUT2D eigenvalue weighted by molar-refractivity contribution is 5.99. The smallest absolute Gasteiger partial charge is 0.312 e. The molecule has 1 amide bonds. The summed E-state index contributed by atoms with van der Waals surface area (Å²) in [6.07, 6.45) is 1.27. The number of aromatic amines is 1. The van der Waals surface area contributed by atoms with Crippen LogP contribution < -0.4 is 5.56 Å². The minimum atomic E-state index is -1.39. The van der Waals surface area contributed by atoms with Crippen molar-refractivity contribution in [1.29, 1.82) is 0 Å². The van der Waals surface area contributed by atoms with Crippen molar-refractivity contribution in [1.82, 2.24) is 9.88 Å². The number of H-pyrrole nitrogens is 1. The zero-order valence-electron chi connectivity index (χ0n) is 10.8. The maximum Gasteiger partial charge on any atom is 0.312 e. The molecule has 1 aromatic rings. The number of carbonyl (C=O) groups is 3. The van der Waals surface area contributed by atoms with Crippen molar-refractivity contribution in [3.05, 3.63) is 34.2 Å². The van der Waals surface area contributed by atoms with Gasteiger partial charge in [-0.05, 0) is 12.5 Å². The van der Waals surface area contributed by atoms with Crippen molar-refractivity contribution in [2.45, 2.75) is 6.42 Å². The molecule has 0 spiro atoms. The van der Waals surface area contributed by atoms with E-state index >= 15 is 0 Å². The molecule has 110 valence electrons. The number of carbonyl (C=O) groups excluding carboxylic acids is 1. The first-order chi connectivity index (χ1) is 9.82. The molecule has 0 bridgehead atoms. The lowest BCUT2D eigenvalue weighted by atomic mass is 9.97. The molecular formula is C13H12N2O6. The number of hydrogen-bond donors (Lipinski definition) is 3. The van der Waals surface area contributed by atoms with Crippen LogP contribution in [0.5, 0.6) is 0 Å². The zero-order valence-corrected chi connectivity index (χ0v) is 10.8. The van der Waals surface area contributed by atoms with Gasteiger partial charge in [-0.1, -0.05) is 0 Å². The Morgan fingerprint density at radius 1 is 1.10 bits per heavy atom. The number of nitrogens with one attached hydrogen (secondary N) is 1. The number of amides is 1. The second-order valence-corrected chi connectivity index (χ2v) is 5.55. The predicted octanol–water partition coefficient (Wildman–Crippen LogP) is -0.624. The summed E-state index contributed by atoms with van der Waals surface area (Å²) >= 11 is 0. The molecule has 1 saturated carbocycles. The second-order valence-electron chi connectivity index (χ2n) is 5.55. The van der Waals surface area contributed by atoms with Crippen LogP contribution in [0.3, 0.4) is 0 Å². The van der Waals surface area contributed by atoms with Gasteiger partial charge in [-0.15, -0.1) is 0 Å². The van der Waals surface area contributed by atoms with Crippen molar-refractivity contribution < 1.29 is 24.6 Å². The standard InChI is InChI=1S/C13H12N2O6/c16-8-2-1-7(3-14-8)9(17)15-5-12(10(18)19)4-13(12,6-15)11(20)21/h1-3H,4-6H2,(H,14,16)(H,18,19)(H,20,21)/t12-,13+. The molecule has 8 nitrogen and oxygen atoms in total. The van der Waals surface area contributed by atoms with Gasteiger partial charge in [0, 0.05) is 25.4 Å². The highest BCUT2D eigenvalue weighted by Crippen LogP contribution is 2.68. The Balaban J connectivity index is 1.88. The van der Waals surface area contributed by atoms with Gasteiger partial charge in [0.2, 0.25) is 5.56 Å². The maximum absolute atomic E-state index is 12.3. The fraction of sp³-hybridized carbons (Fsp3) is 0.385. The van der Waals surface area contributed by atoms with Crippen LogP contribution in [0.25, 0.3) is 0 Å². The summed E-state index contributed by atoms with van der Waals surface area (Å²) < 4.78 is 0. The summed E-state index contributed by atoms with van der Waals surface area (Å²) in [5.41, 5.74) is -2.95. The van der Waals surface area contributed by atoms with E-state index in [4.69, 9.17) is 0 Å². The second kappa shape index (κ2) is 3.94. The van der Waals surface area contributed by atoms with Crippen LogP contribution in [0.1, 0.15) is 16.8 Å². The number of aromatic nitrogens is 1. The van der Waals surface area contributed by atoms with E-state index in [1.807, 2.05) is 0 Å². The van der Waals surface area contributed by atoms with Gasteiger partial charge in [0.05, 0.1) is 5.56 Å². The number of aliphatic carboxylic acids is 2. The summed E-state index contributed by atoms with van der Waals surface area (Å²) in [7, 11) is 0. The van der Waals surface area contributed by atoms with Crippen molar-refractivity contribution in [2.24, 2.45) is 10.8 Å². The lowest BCUT2D eigenvalue weighted by Gasteiger charge is -2.19. The third-order valence-electron chi connectivity index (χ3n) is 4.45. The molecule has 3 rings (SSSR count). The van der Waals surface area contributed by atoms with Crippen molar-refractivity contribution in [3.8, 4) is 0 Å². The van der Waals surface area contributed by atoms with Gasteiger partial charge in [0.15, 0.2) is 0 Å². The average molecular weight is 292 g/mol. The molecule has 2 atom stereocenters. The molecule has 1 aromatic heterocycles. The zero-order chi connectivity index (χ0) is 15.4. The Hall–Kier alpha value is -2.64. The van der Waals surface area contributed by atoms with Crippen LogP contribution in [-0.2, 0) is 9.59 Å². The summed E-state index contributed by atoms with van der Waals surface area (Å²) in [5.74, 6) is -2.87. The van der Waals surface area contributed by atoms with Crippen LogP contribution in [-0.4, -0.2) is 51.0 Å². The highest BCUT2D eigenvalue weighted by Gasteiger charge is 2.81. The van der Waals surface area contributed by atoms with Gasteiger partial charge in [-0.2, -0.15) is 0 Å².